The van der Waals surface area contributed by atoms with Gasteiger partial charge in [0.2, 0.25) is 0 Å². The lowest BCUT2D eigenvalue weighted by Crippen LogP contribution is -2.48. The van der Waals surface area contributed by atoms with Crippen LogP contribution >= 0.6 is 0 Å². The van der Waals surface area contributed by atoms with E-state index in [0.717, 1.165) is 19.5 Å². The van der Waals surface area contributed by atoms with E-state index in [2.05, 4.69) is 4.90 Å². The number of hydrogen-bond acceptors (Lipinski definition) is 3. The number of aliphatic carboxylic acids is 1. The number of carboxylic acids is 1. The second-order valence-electron chi connectivity index (χ2n) is 4.39. The van der Waals surface area contributed by atoms with Gasteiger partial charge in [-0.15, -0.1) is 0 Å². The van der Waals surface area contributed by atoms with Crippen molar-refractivity contribution in [3.63, 3.8) is 0 Å². The van der Waals surface area contributed by atoms with E-state index in [9.17, 15) is 9.90 Å². The molecule has 2 heterocycles. The van der Waals surface area contributed by atoms with Gasteiger partial charge in [0.1, 0.15) is 0 Å². The number of hydrogen-bond donors (Lipinski definition) is 2. The molecule has 0 aromatic rings. The molecule has 2 bridgehead atoms. The Morgan fingerprint density at radius 3 is 3.00 bits per heavy atom. The van der Waals surface area contributed by atoms with Crippen LogP contribution in [-0.4, -0.2) is 46.3 Å². The summed E-state index contributed by atoms with van der Waals surface area (Å²) in [6.45, 7) is 2.60. The topological polar surface area (TPSA) is 60.8 Å². The van der Waals surface area contributed by atoms with Gasteiger partial charge in [-0.05, 0) is 25.3 Å². The van der Waals surface area contributed by atoms with E-state index in [1.165, 1.54) is 0 Å². The van der Waals surface area contributed by atoms with E-state index in [0.29, 0.717) is 18.9 Å². The van der Waals surface area contributed by atoms with Crippen LogP contribution in [0.4, 0.5) is 0 Å². The smallest absolute Gasteiger partial charge is 0.306 e. The largest absolute Gasteiger partial charge is 0.481 e. The summed E-state index contributed by atoms with van der Waals surface area (Å²) >= 11 is 0. The molecular weight excluding hydrogens is 170 g/mol. The van der Waals surface area contributed by atoms with E-state index in [-0.39, 0.29) is 6.42 Å². The number of carbonyl (C=O) groups is 1. The minimum Gasteiger partial charge on any atom is -0.481 e. The lowest BCUT2D eigenvalue weighted by atomic mass is 9.85. The lowest BCUT2D eigenvalue weighted by Gasteiger charge is -2.36. The molecule has 0 aromatic carbocycles. The number of carboxylic acid groups (broad SMARTS) is 1. The fourth-order valence-corrected chi connectivity index (χ4v) is 2.65. The molecule has 2 fully saturated rings. The van der Waals surface area contributed by atoms with Gasteiger partial charge in [0.25, 0.3) is 0 Å². The summed E-state index contributed by atoms with van der Waals surface area (Å²) in [5.74, 6) is -0.386. The minimum atomic E-state index is -0.967. The summed E-state index contributed by atoms with van der Waals surface area (Å²) < 4.78 is 0. The highest BCUT2D eigenvalue weighted by Crippen LogP contribution is 2.34. The first-order chi connectivity index (χ1) is 6.07. The number of rotatable bonds is 2. The van der Waals surface area contributed by atoms with Gasteiger partial charge >= 0.3 is 5.97 Å². The van der Waals surface area contributed by atoms with Crippen LogP contribution in [0.5, 0.6) is 0 Å². The number of nitrogens with zero attached hydrogens (tertiary/aromatic N) is 1. The summed E-state index contributed by atoms with van der Waals surface area (Å²) in [5.41, 5.74) is -0.967. The second-order valence-corrected chi connectivity index (χ2v) is 4.39. The van der Waals surface area contributed by atoms with Gasteiger partial charge in [-0.2, -0.15) is 0 Å². The highest BCUT2D eigenvalue weighted by Gasteiger charge is 2.42. The molecule has 13 heavy (non-hydrogen) atoms. The van der Waals surface area contributed by atoms with Crippen molar-refractivity contribution >= 4 is 5.97 Å². The second kappa shape index (κ2) is 2.96. The van der Waals surface area contributed by atoms with E-state index >= 15 is 0 Å². The maximum Gasteiger partial charge on any atom is 0.306 e. The molecule has 2 aliphatic rings. The average molecular weight is 185 g/mol. The zero-order valence-corrected chi connectivity index (χ0v) is 7.57. The van der Waals surface area contributed by atoms with Crippen molar-refractivity contribution in [1.29, 1.82) is 0 Å². The SMILES string of the molecule is O=C(O)CC1(O)CC2CCN(C2)C1. The van der Waals surface area contributed by atoms with Crippen molar-refractivity contribution in [2.45, 2.75) is 24.9 Å². The third-order valence-corrected chi connectivity index (χ3v) is 3.04. The van der Waals surface area contributed by atoms with Crippen molar-refractivity contribution in [3.8, 4) is 0 Å². The van der Waals surface area contributed by atoms with Gasteiger partial charge in [0.05, 0.1) is 12.0 Å². The van der Waals surface area contributed by atoms with Crippen LogP contribution in [0.15, 0.2) is 0 Å². The molecule has 2 rings (SSSR count). The zero-order chi connectivity index (χ0) is 9.47. The van der Waals surface area contributed by atoms with Gasteiger partial charge < -0.3 is 15.1 Å². The molecule has 0 radical (unpaired) electrons. The molecule has 74 valence electrons. The molecule has 0 amide bonds. The Kier molecular flexibility index (Phi) is 2.04. The molecule has 0 aromatic heterocycles. The minimum absolute atomic E-state index is 0.111. The monoisotopic (exact) mass is 185 g/mol. The molecule has 3 unspecified atom stereocenters. The Morgan fingerprint density at radius 1 is 1.62 bits per heavy atom. The summed E-state index contributed by atoms with van der Waals surface area (Å²) in [6, 6.07) is 0. The molecule has 2 N–H and O–H groups in total. The summed E-state index contributed by atoms with van der Waals surface area (Å²) in [4.78, 5) is 12.7. The molecule has 2 saturated heterocycles. The Labute approximate surface area is 77.2 Å². The van der Waals surface area contributed by atoms with Crippen LogP contribution < -0.4 is 0 Å². The Bertz CT molecular complexity index is 217. The molecule has 4 heteroatoms. The Balaban J connectivity index is 2.03. The summed E-state index contributed by atoms with van der Waals surface area (Å²) in [6.07, 6.45) is 1.66. The van der Waals surface area contributed by atoms with Gasteiger partial charge in [0, 0.05) is 13.1 Å². The number of aliphatic hydroxyl groups is 1. The molecule has 0 aliphatic carbocycles. The van der Waals surface area contributed by atoms with Crippen molar-refractivity contribution < 1.29 is 15.0 Å². The van der Waals surface area contributed by atoms with Gasteiger partial charge in [0.15, 0.2) is 0 Å². The Morgan fingerprint density at radius 2 is 2.38 bits per heavy atom. The van der Waals surface area contributed by atoms with Crippen LogP contribution in [0.3, 0.4) is 0 Å². The van der Waals surface area contributed by atoms with E-state index in [4.69, 9.17) is 5.11 Å². The van der Waals surface area contributed by atoms with Crippen LogP contribution in [-0.2, 0) is 4.79 Å². The Hall–Kier alpha value is -0.610. The average Bonchev–Trinajstić information content (AvgIpc) is 2.27. The van der Waals surface area contributed by atoms with Crippen LogP contribution in [0.25, 0.3) is 0 Å². The fraction of sp³-hybridized carbons (Fsp3) is 0.889. The third kappa shape index (κ3) is 1.84. The van der Waals surface area contributed by atoms with Crippen LogP contribution in [0, 0.1) is 5.92 Å². The first-order valence-corrected chi connectivity index (χ1v) is 4.74. The first kappa shape index (κ1) is 8.97. The van der Waals surface area contributed by atoms with Gasteiger partial charge in [-0.25, -0.2) is 0 Å². The maximum absolute atomic E-state index is 10.5. The molecule has 4 nitrogen and oxygen atoms in total. The quantitative estimate of drug-likeness (QED) is 0.631. The van der Waals surface area contributed by atoms with Crippen molar-refractivity contribution in [3.05, 3.63) is 0 Å². The summed E-state index contributed by atoms with van der Waals surface area (Å²) in [7, 11) is 0. The first-order valence-electron chi connectivity index (χ1n) is 4.74. The van der Waals surface area contributed by atoms with E-state index in [1.807, 2.05) is 0 Å². The lowest BCUT2D eigenvalue weighted by molar-refractivity contribution is -0.145. The highest BCUT2D eigenvalue weighted by molar-refractivity contribution is 5.68. The van der Waals surface area contributed by atoms with Crippen LogP contribution in [0.2, 0.25) is 0 Å². The van der Waals surface area contributed by atoms with E-state index < -0.39 is 11.6 Å². The van der Waals surface area contributed by atoms with Gasteiger partial charge in [-0.1, -0.05) is 0 Å². The van der Waals surface area contributed by atoms with Crippen molar-refractivity contribution in [2.24, 2.45) is 5.92 Å². The number of fused-ring (bicyclic) bond motifs is 2. The van der Waals surface area contributed by atoms with Crippen LogP contribution in [0.1, 0.15) is 19.3 Å². The predicted octanol–water partition coefficient (Wildman–Crippen LogP) is -0.0822. The number of piperidine rings is 1. The highest BCUT2D eigenvalue weighted by atomic mass is 16.4. The normalized spacial score (nSPS) is 43.5. The molecular formula is C9H15NO3. The fourth-order valence-electron chi connectivity index (χ4n) is 2.65. The molecule has 3 atom stereocenters. The van der Waals surface area contributed by atoms with E-state index in [1.54, 1.807) is 0 Å². The predicted molar refractivity (Wildman–Crippen MR) is 46.4 cm³/mol. The molecule has 2 aliphatic heterocycles. The molecule has 0 saturated carbocycles. The molecule has 0 spiro atoms. The third-order valence-electron chi connectivity index (χ3n) is 3.04. The van der Waals surface area contributed by atoms with Crippen molar-refractivity contribution in [1.82, 2.24) is 4.90 Å². The van der Waals surface area contributed by atoms with Crippen molar-refractivity contribution in [2.75, 3.05) is 19.6 Å². The summed E-state index contributed by atoms with van der Waals surface area (Å²) in [5, 5.41) is 18.6. The maximum atomic E-state index is 10.5. The zero-order valence-electron chi connectivity index (χ0n) is 7.57. The standard InChI is InChI=1S/C9H15NO3/c11-8(12)4-9(13)3-7-1-2-10(5-7)6-9/h7,13H,1-6H2,(H,11,12). The van der Waals surface area contributed by atoms with Gasteiger partial charge in [-0.3, -0.25) is 4.79 Å².